The Bertz CT molecular complexity index is 838. The molecule has 2 aromatic carbocycles. The van der Waals surface area contributed by atoms with Crippen LogP contribution in [0.2, 0.25) is 0 Å². The number of pyridine rings is 1. The molecule has 0 aliphatic rings. The number of anilines is 1. The number of aromatic nitrogens is 1. The maximum atomic E-state index is 12.2. The van der Waals surface area contributed by atoms with E-state index >= 15 is 0 Å². The second-order valence-electron chi connectivity index (χ2n) is 5.10. The summed E-state index contributed by atoms with van der Waals surface area (Å²) < 4.78 is 0. The lowest BCUT2D eigenvalue weighted by Crippen LogP contribution is -2.13. The van der Waals surface area contributed by atoms with Gasteiger partial charge < -0.3 is 5.32 Å². The van der Waals surface area contributed by atoms with Crippen LogP contribution in [0.15, 0.2) is 72.4 Å². The molecule has 0 atom stereocenters. The minimum atomic E-state index is -0.146. The van der Waals surface area contributed by atoms with E-state index in [9.17, 15) is 4.79 Å². The van der Waals surface area contributed by atoms with Gasteiger partial charge in [-0.3, -0.25) is 4.79 Å². The van der Waals surface area contributed by atoms with Crippen LogP contribution in [-0.4, -0.2) is 10.9 Å². The van der Waals surface area contributed by atoms with Crippen LogP contribution >= 0.6 is 0 Å². The molecule has 108 valence electrons. The van der Waals surface area contributed by atoms with Crippen LogP contribution in [-0.2, 0) is 4.79 Å². The van der Waals surface area contributed by atoms with E-state index in [0.29, 0.717) is 11.4 Å². The van der Waals surface area contributed by atoms with Gasteiger partial charge in [0.2, 0.25) is 0 Å². The first-order valence-corrected chi connectivity index (χ1v) is 7.12. The van der Waals surface area contributed by atoms with Crippen LogP contribution in [0.3, 0.4) is 0 Å². The second-order valence-corrected chi connectivity index (χ2v) is 5.10. The Hall–Kier alpha value is -2.94. The number of rotatable bonds is 3. The Morgan fingerprint density at radius 2 is 1.77 bits per heavy atom. The van der Waals surface area contributed by atoms with Crippen LogP contribution in [0.25, 0.3) is 16.8 Å². The first kappa shape index (κ1) is 14.0. The van der Waals surface area contributed by atoms with Gasteiger partial charge in [0.15, 0.2) is 0 Å². The predicted octanol–water partition coefficient (Wildman–Crippen LogP) is 4.28. The third-order valence-electron chi connectivity index (χ3n) is 3.42. The summed E-state index contributed by atoms with van der Waals surface area (Å²) in [6, 6.07) is 19.7. The smallest absolute Gasteiger partial charge is 0.252 e. The first-order chi connectivity index (χ1) is 10.7. The molecule has 1 heterocycles. The highest BCUT2D eigenvalue weighted by Crippen LogP contribution is 2.18. The van der Waals surface area contributed by atoms with Crippen LogP contribution < -0.4 is 5.32 Å². The number of fused-ring (bicyclic) bond motifs is 1. The molecule has 0 saturated carbocycles. The van der Waals surface area contributed by atoms with Crippen molar-refractivity contribution < 1.29 is 4.79 Å². The quantitative estimate of drug-likeness (QED) is 0.731. The molecule has 3 nitrogen and oxygen atoms in total. The Morgan fingerprint density at radius 3 is 2.55 bits per heavy atom. The number of amides is 1. The van der Waals surface area contributed by atoms with Crippen LogP contribution in [0.5, 0.6) is 0 Å². The van der Waals surface area contributed by atoms with Gasteiger partial charge >= 0.3 is 0 Å². The summed E-state index contributed by atoms with van der Waals surface area (Å²) in [5.41, 5.74) is 1.65. The summed E-state index contributed by atoms with van der Waals surface area (Å²) in [6.45, 7) is 1.80. The van der Waals surface area contributed by atoms with Crippen molar-refractivity contribution >= 4 is 28.6 Å². The zero-order valence-corrected chi connectivity index (χ0v) is 12.3. The lowest BCUT2D eigenvalue weighted by atomic mass is 10.1. The minimum Gasteiger partial charge on any atom is -0.307 e. The van der Waals surface area contributed by atoms with Gasteiger partial charge in [0.25, 0.3) is 5.91 Å². The van der Waals surface area contributed by atoms with Gasteiger partial charge in [-0.05, 0) is 47.5 Å². The van der Waals surface area contributed by atoms with Crippen molar-refractivity contribution in [2.45, 2.75) is 6.92 Å². The molecule has 3 aromatic rings. The van der Waals surface area contributed by atoms with Crippen molar-refractivity contribution in [3.05, 3.63) is 78.0 Å². The summed E-state index contributed by atoms with van der Waals surface area (Å²) in [5.74, 6) is 0.408. The molecule has 22 heavy (non-hydrogen) atoms. The fourth-order valence-electron chi connectivity index (χ4n) is 2.26. The van der Waals surface area contributed by atoms with Crippen molar-refractivity contribution in [2.75, 3.05) is 5.32 Å². The largest absolute Gasteiger partial charge is 0.307 e. The van der Waals surface area contributed by atoms with E-state index in [2.05, 4.69) is 34.6 Å². The third kappa shape index (κ3) is 3.20. The van der Waals surface area contributed by atoms with E-state index in [1.165, 1.54) is 5.39 Å². The Morgan fingerprint density at radius 1 is 1.00 bits per heavy atom. The molecule has 3 heteroatoms. The average Bonchev–Trinajstić information content (AvgIpc) is 2.55. The van der Waals surface area contributed by atoms with E-state index in [0.717, 1.165) is 10.9 Å². The summed E-state index contributed by atoms with van der Waals surface area (Å²) in [6.07, 6.45) is 3.53. The standard InChI is InChI=1S/C19H16N2O/c1-14(19(22)21-18-8-4-5-11-20-18)12-15-9-10-16-6-2-3-7-17(16)13-15/h2-13H,1H3,(H,20,21,22). The normalized spacial score (nSPS) is 11.4. The zero-order valence-electron chi connectivity index (χ0n) is 12.3. The molecule has 0 aliphatic carbocycles. The number of carbonyl (C=O) groups excluding carboxylic acids is 1. The van der Waals surface area contributed by atoms with Crippen molar-refractivity contribution in [1.29, 1.82) is 0 Å². The molecule has 0 spiro atoms. The number of hydrogen-bond acceptors (Lipinski definition) is 2. The van der Waals surface area contributed by atoms with Gasteiger partial charge in [0.05, 0.1) is 0 Å². The molecule has 0 fully saturated rings. The molecular weight excluding hydrogens is 272 g/mol. The maximum absolute atomic E-state index is 12.2. The van der Waals surface area contributed by atoms with E-state index in [1.807, 2.05) is 36.4 Å². The number of nitrogens with one attached hydrogen (secondary N) is 1. The van der Waals surface area contributed by atoms with Crippen LogP contribution in [0.4, 0.5) is 5.82 Å². The van der Waals surface area contributed by atoms with Crippen molar-refractivity contribution in [3.8, 4) is 0 Å². The van der Waals surface area contributed by atoms with Gasteiger partial charge in [-0.25, -0.2) is 4.98 Å². The number of carbonyl (C=O) groups is 1. The minimum absolute atomic E-state index is 0.146. The first-order valence-electron chi connectivity index (χ1n) is 7.12. The Kier molecular flexibility index (Phi) is 3.97. The maximum Gasteiger partial charge on any atom is 0.252 e. The van der Waals surface area contributed by atoms with Crippen molar-refractivity contribution in [2.24, 2.45) is 0 Å². The SMILES string of the molecule is CC(=Cc1ccc2ccccc2c1)C(=O)Nc1ccccn1. The van der Waals surface area contributed by atoms with Gasteiger partial charge in [-0.15, -0.1) is 0 Å². The molecule has 0 unspecified atom stereocenters. The van der Waals surface area contributed by atoms with E-state index in [1.54, 1.807) is 19.2 Å². The fraction of sp³-hybridized carbons (Fsp3) is 0.0526. The molecule has 3 rings (SSSR count). The van der Waals surface area contributed by atoms with E-state index in [-0.39, 0.29) is 5.91 Å². The number of benzene rings is 2. The molecule has 0 radical (unpaired) electrons. The third-order valence-corrected chi connectivity index (χ3v) is 3.42. The van der Waals surface area contributed by atoms with Gasteiger partial charge in [0.1, 0.15) is 5.82 Å². The fourth-order valence-corrected chi connectivity index (χ4v) is 2.26. The molecule has 0 aliphatic heterocycles. The molecule has 1 amide bonds. The molecule has 1 N–H and O–H groups in total. The van der Waals surface area contributed by atoms with Crippen LogP contribution in [0, 0.1) is 0 Å². The van der Waals surface area contributed by atoms with Crippen molar-refractivity contribution in [1.82, 2.24) is 4.98 Å². The second kappa shape index (κ2) is 6.22. The molecule has 0 saturated heterocycles. The van der Waals surface area contributed by atoms with E-state index < -0.39 is 0 Å². The van der Waals surface area contributed by atoms with Gasteiger partial charge in [-0.2, -0.15) is 0 Å². The summed E-state index contributed by atoms with van der Waals surface area (Å²) >= 11 is 0. The molecular formula is C19H16N2O. The Balaban J connectivity index is 1.81. The molecule has 1 aromatic heterocycles. The summed E-state index contributed by atoms with van der Waals surface area (Å²) in [4.78, 5) is 16.3. The summed E-state index contributed by atoms with van der Waals surface area (Å²) in [5, 5.41) is 5.13. The lowest BCUT2D eigenvalue weighted by molar-refractivity contribution is -0.112. The highest BCUT2D eigenvalue weighted by Gasteiger charge is 2.05. The highest BCUT2D eigenvalue weighted by molar-refractivity contribution is 6.06. The highest BCUT2D eigenvalue weighted by atomic mass is 16.1. The predicted molar refractivity (Wildman–Crippen MR) is 90.5 cm³/mol. The van der Waals surface area contributed by atoms with Crippen molar-refractivity contribution in [3.63, 3.8) is 0 Å². The molecule has 0 bridgehead atoms. The Labute approximate surface area is 129 Å². The number of nitrogens with zero attached hydrogens (tertiary/aromatic N) is 1. The van der Waals surface area contributed by atoms with Crippen LogP contribution in [0.1, 0.15) is 12.5 Å². The van der Waals surface area contributed by atoms with Gasteiger partial charge in [0, 0.05) is 11.8 Å². The van der Waals surface area contributed by atoms with Gasteiger partial charge in [-0.1, -0.05) is 42.5 Å². The number of hydrogen-bond donors (Lipinski definition) is 1. The zero-order chi connectivity index (χ0) is 15.4. The summed E-state index contributed by atoms with van der Waals surface area (Å²) in [7, 11) is 0. The average molecular weight is 288 g/mol. The monoisotopic (exact) mass is 288 g/mol. The lowest BCUT2D eigenvalue weighted by Gasteiger charge is -2.05. The topological polar surface area (TPSA) is 42.0 Å². The van der Waals surface area contributed by atoms with E-state index in [4.69, 9.17) is 0 Å².